The summed E-state index contributed by atoms with van der Waals surface area (Å²) in [7, 11) is 0. The number of benzene rings is 2. The zero-order valence-corrected chi connectivity index (χ0v) is 18.6. The third kappa shape index (κ3) is 3.48. The average molecular weight is 432 g/mol. The van der Waals surface area contributed by atoms with Crippen molar-refractivity contribution in [2.24, 2.45) is 0 Å². The van der Waals surface area contributed by atoms with Gasteiger partial charge in [0.15, 0.2) is 0 Å². The molecule has 2 aliphatic carbocycles. The normalized spacial score (nSPS) is 24.8. The fourth-order valence-corrected chi connectivity index (χ4v) is 5.14. The zero-order chi connectivity index (χ0) is 22.5. The first-order chi connectivity index (χ1) is 15.4. The second-order valence-corrected chi connectivity index (χ2v) is 9.45. The van der Waals surface area contributed by atoms with Crippen molar-refractivity contribution in [1.82, 2.24) is 15.1 Å². The van der Waals surface area contributed by atoms with Crippen LogP contribution in [0.2, 0.25) is 0 Å². The second kappa shape index (κ2) is 7.76. The third-order valence-corrected chi connectivity index (χ3v) is 7.10. The predicted octanol–water partition coefficient (Wildman–Crippen LogP) is 3.83. The molecule has 1 saturated carbocycles. The molecular formula is C26H29N3O3. The minimum Gasteiger partial charge on any atom is -0.331 e. The first kappa shape index (κ1) is 20.7. The molecule has 2 aromatic carbocycles. The lowest BCUT2D eigenvalue weighted by atomic mass is 9.86. The summed E-state index contributed by atoms with van der Waals surface area (Å²) in [6, 6.07) is 15.6. The number of nitrogens with one attached hydrogen (secondary N) is 1. The van der Waals surface area contributed by atoms with Crippen molar-refractivity contribution in [3.05, 3.63) is 70.8 Å². The molecule has 4 amide bonds. The SMILES string of the molecule is Cc1ccc(C2(C)NC(=O)N(CC(=O)N(C3CC3)C3CCCc4ccccc43)C2=O)cc1. The second-order valence-electron chi connectivity index (χ2n) is 9.45. The summed E-state index contributed by atoms with van der Waals surface area (Å²) in [5.41, 5.74) is 3.14. The summed E-state index contributed by atoms with van der Waals surface area (Å²) in [5.74, 6) is -0.523. The Hall–Kier alpha value is -3.15. The number of amides is 4. The third-order valence-electron chi connectivity index (χ3n) is 7.10. The van der Waals surface area contributed by atoms with Crippen molar-refractivity contribution in [3.63, 3.8) is 0 Å². The number of rotatable bonds is 5. The Morgan fingerprint density at radius 2 is 1.81 bits per heavy atom. The van der Waals surface area contributed by atoms with Gasteiger partial charge in [0, 0.05) is 6.04 Å². The van der Waals surface area contributed by atoms with E-state index >= 15 is 0 Å². The van der Waals surface area contributed by atoms with E-state index in [1.807, 2.05) is 48.2 Å². The lowest BCUT2D eigenvalue weighted by molar-refractivity contribution is -0.141. The standard InChI is InChI=1S/C26H29N3O3/c1-17-10-12-19(13-11-17)26(2)24(31)28(25(32)27-26)16-23(30)29(20-14-15-20)22-9-5-7-18-6-3-4-8-21(18)22/h3-4,6,8,10-13,20,22H,5,7,9,14-16H2,1-2H3,(H,27,32). The van der Waals surface area contributed by atoms with Crippen molar-refractivity contribution in [2.45, 2.75) is 63.6 Å². The highest BCUT2D eigenvalue weighted by Gasteiger charge is 2.50. The molecular weight excluding hydrogens is 402 g/mol. The van der Waals surface area contributed by atoms with Crippen LogP contribution in [0.3, 0.4) is 0 Å². The molecule has 6 nitrogen and oxygen atoms in total. The van der Waals surface area contributed by atoms with Crippen LogP contribution in [0, 0.1) is 6.92 Å². The van der Waals surface area contributed by atoms with Crippen molar-refractivity contribution in [2.75, 3.05) is 6.54 Å². The molecule has 1 heterocycles. The number of carbonyl (C=O) groups excluding carboxylic acids is 3. The number of imide groups is 1. The Balaban J connectivity index is 1.38. The minimum atomic E-state index is -1.16. The van der Waals surface area contributed by atoms with Gasteiger partial charge in [-0.15, -0.1) is 0 Å². The van der Waals surface area contributed by atoms with Crippen LogP contribution in [0.25, 0.3) is 0 Å². The number of nitrogens with zero attached hydrogens (tertiary/aromatic N) is 2. The molecule has 2 unspecified atom stereocenters. The van der Waals surface area contributed by atoms with Crippen LogP contribution in [0.4, 0.5) is 4.79 Å². The van der Waals surface area contributed by atoms with Crippen LogP contribution in [-0.2, 0) is 21.5 Å². The van der Waals surface area contributed by atoms with Gasteiger partial charge in [-0.1, -0.05) is 54.1 Å². The molecule has 1 N–H and O–H groups in total. The van der Waals surface area contributed by atoms with Gasteiger partial charge >= 0.3 is 6.03 Å². The summed E-state index contributed by atoms with van der Waals surface area (Å²) < 4.78 is 0. The van der Waals surface area contributed by atoms with E-state index in [1.54, 1.807) is 6.92 Å². The molecule has 166 valence electrons. The summed E-state index contributed by atoms with van der Waals surface area (Å²) in [6.45, 7) is 3.46. The van der Waals surface area contributed by atoms with Crippen LogP contribution < -0.4 is 5.32 Å². The van der Waals surface area contributed by atoms with Gasteiger partial charge in [0.1, 0.15) is 12.1 Å². The summed E-state index contributed by atoms with van der Waals surface area (Å²) in [5, 5.41) is 2.82. The van der Waals surface area contributed by atoms with Crippen LogP contribution >= 0.6 is 0 Å². The number of fused-ring (bicyclic) bond motifs is 1. The van der Waals surface area contributed by atoms with Crippen molar-refractivity contribution in [3.8, 4) is 0 Å². The molecule has 2 fully saturated rings. The van der Waals surface area contributed by atoms with Gasteiger partial charge in [-0.05, 0) is 62.6 Å². The van der Waals surface area contributed by atoms with Crippen LogP contribution in [-0.4, -0.2) is 40.2 Å². The van der Waals surface area contributed by atoms with Gasteiger partial charge in [-0.3, -0.25) is 14.5 Å². The maximum absolute atomic E-state index is 13.5. The first-order valence-electron chi connectivity index (χ1n) is 11.5. The van der Waals surface area contributed by atoms with Crippen LogP contribution in [0.1, 0.15) is 60.9 Å². The topological polar surface area (TPSA) is 69.7 Å². The molecule has 3 aliphatic rings. The van der Waals surface area contributed by atoms with Crippen molar-refractivity contribution in [1.29, 1.82) is 0 Å². The zero-order valence-electron chi connectivity index (χ0n) is 18.6. The van der Waals surface area contributed by atoms with E-state index in [1.165, 1.54) is 11.1 Å². The molecule has 1 saturated heterocycles. The Kier molecular flexibility index (Phi) is 5.03. The van der Waals surface area contributed by atoms with Gasteiger partial charge in [0.05, 0.1) is 6.04 Å². The quantitative estimate of drug-likeness (QED) is 0.732. The summed E-state index contributed by atoms with van der Waals surface area (Å²) in [6.07, 6.45) is 4.94. The van der Waals surface area contributed by atoms with Crippen molar-refractivity contribution < 1.29 is 14.4 Å². The van der Waals surface area contributed by atoms with E-state index in [0.717, 1.165) is 48.1 Å². The fraction of sp³-hybridized carbons (Fsp3) is 0.423. The van der Waals surface area contributed by atoms with Crippen LogP contribution in [0.15, 0.2) is 48.5 Å². The highest BCUT2D eigenvalue weighted by molar-refractivity contribution is 6.09. The van der Waals surface area contributed by atoms with Gasteiger partial charge in [0.25, 0.3) is 5.91 Å². The first-order valence-corrected chi connectivity index (χ1v) is 11.5. The minimum absolute atomic E-state index is 0.0178. The maximum Gasteiger partial charge on any atom is 0.325 e. The highest BCUT2D eigenvalue weighted by atomic mass is 16.2. The summed E-state index contributed by atoms with van der Waals surface area (Å²) >= 11 is 0. The molecule has 32 heavy (non-hydrogen) atoms. The van der Waals surface area contributed by atoms with E-state index in [-0.39, 0.29) is 30.4 Å². The molecule has 0 bridgehead atoms. The molecule has 1 aliphatic heterocycles. The molecule has 0 aromatic heterocycles. The Labute approximate surface area is 188 Å². The van der Waals surface area contributed by atoms with E-state index in [4.69, 9.17) is 0 Å². The molecule has 0 radical (unpaired) electrons. The van der Waals surface area contributed by atoms with Gasteiger partial charge < -0.3 is 10.2 Å². The number of urea groups is 1. The predicted molar refractivity (Wildman–Crippen MR) is 121 cm³/mol. The van der Waals surface area contributed by atoms with Gasteiger partial charge in [-0.25, -0.2) is 4.79 Å². The van der Waals surface area contributed by atoms with Crippen molar-refractivity contribution >= 4 is 17.8 Å². The Morgan fingerprint density at radius 3 is 2.53 bits per heavy atom. The molecule has 6 heteroatoms. The van der Waals surface area contributed by atoms with Gasteiger partial charge in [-0.2, -0.15) is 0 Å². The number of hydrogen-bond acceptors (Lipinski definition) is 3. The lowest BCUT2D eigenvalue weighted by Gasteiger charge is -2.37. The van der Waals surface area contributed by atoms with E-state index in [9.17, 15) is 14.4 Å². The van der Waals surface area contributed by atoms with Crippen LogP contribution in [0.5, 0.6) is 0 Å². The van der Waals surface area contributed by atoms with E-state index < -0.39 is 11.6 Å². The Morgan fingerprint density at radius 1 is 1.09 bits per heavy atom. The molecule has 2 atom stereocenters. The Bertz CT molecular complexity index is 1080. The average Bonchev–Trinajstić information content (AvgIpc) is 3.59. The van der Waals surface area contributed by atoms with E-state index in [0.29, 0.717) is 0 Å². The number of aryl methyl sites for hydroxylation is 2. The fourth-order valence-electron chi connectivity index (χ4n) is 5.14. The van der Waals surface area contributed by atoms with Gasteiger partial charge in [0.2, 0.25) is 5.91 Å². The number of carbonyl (C=O) groups is 3. The molecule has 2 aromatic rings. The molecule has 0 spiro atoms. The largest absolute Gasteiger partial charge is 0.331 e. The maximum atomic E-state index is 13.5. The monoisotopic (exact) mass is 431 g/mol. The number of hydrogen-bond donors (Lipinski definition) is 1. The highest BCUT2D eigenvalue weighted by Crippen LogP contribution is 2.41. The molecule has 5 rings (SSSR count). The lowest BCUT2D eigenvalue weighted by Crippen LogP contribution is -2.46. The summed E-state index contributed by atoms with van der Waals surface area (Å²) in [4.78, 5) is 42.7. The smallest absolute Gasteiger partial charge is 0.325 e. The van der Waals surface area contributed by atoms with E-state index in [2.05, 4.69) is 17.4 Å².